The van der Waals surface area contributed by atoms with Gasteiger partial charge in [-0.2, -0.15) is 10.4 Å². The fourth-order valence-electron chi connectivity index (χ4n) is 3.53. The Morgan fingerprint density at radius 3 is 2.60 bits per heavy atom. The molecule has 3 heterocycles. The maximum atomic E-state index is 12.3. The maximum Gasteiger partial charge on any atom is 0.345 e. The van der Waals surface area contributed by atoms with E-state index in [0.29, 0.717) is 16.6 Å². The largest absolute Gasteiger partial charge is 0.355 e. The fourth-order valence-corrected chi connectivity index (χ4v) is 3.81. The molecule has 0 amide bonds. The summed E-state index contributed by atoms with van der Waals surface area (Å²) in [4.78, 5) is 18.8. The zero-order valence-electron chi connectivity index (χ0n) is 14.0. The molecule has 4 rings (SSSR count). The van der Waals surface area contributed by atoms with Crippen LogP contribution in [-0.4, -0.2) is 32.4 Å². The van der Waals surface area contributed by atoms with Crippen molar-refractivity contribution in [1.82, 2.24) is 19.3 Å². The first-order valence-corrected chi connectivity index (χ1v) is 8.92. The lowest BCUT2D eigenvalue weighted by molar-refractivity contribution is 0.460. The van der Waals surface area contributed by atoms with Crippen LogP contribution in [0.25, 0.3) is 0 Å². The quantitative estimate of drug-likeness (QED) is 0.840. The predicted octanol–water partition coefficient (Wildman–Crippen LogP) is 2.22. The van der Waals surface area contributed by atoms with Crippen LogP contribution in [0.5, 0.6) is 0 Å². The molecular weight excluding hydrogens is 340 g/mol. The van der Waals surface area contributed by atoms with E-state index in [2.05, 4.69) is 15.0 Å². The molecule has 2 fully saturated rings. The topological polar surface area (TPSA) is 79.7 Å². The average Bonchev–Trinajstić information content (AvgIpc) is 3.41. The molecule has 1 saturated heterocycles. The summed E-state index contributed by atoms with van der Waals surface area (Å²) in [5.74, 6) is 1.93. The molecule has 1 aliphatic carbocycles. The zero-order chi connectivity index (χ0) is 17.6. The summed E-state index contributed by atoms with van der Waals surface area (Å²) in [5, 5.41) is 13.9. The van der Waals surface area contributed by atoms with E-state index in [1.165, 1.54) is 4.68 Å². The molecule has 7 nitrogen and oxygen atoms in total. The van der Waals surface area contributed by atoms with Crippen molar-refractivity contribution >= 4 is 17.4 Å². The van der Waals surface area contributed by atoms with E-state index in [1.54, 1.807) is 19.3 Å². The third kappa shape index (κ3) is 2.91. The van der Waals surface area contributed by atoms with E-state index in [-0.39, 0.29) is 11.6 Å². The molecule has 0 N–H and O–H groups in total. The van der Waals surface area contributed by atoms with Crippen molar-refractivity contribution in [3.63, 3.8) is 0 Å². The average molecular weight is 359 g/mol. The molecule has 0 atom stereocenters. The minimum absolute atomic E-state index is 0.00303. The highest BCUT2D eigenvalue weighted by Gasteiger charge is 2.33. The number of piperidine rings is 1. The molecule has 0 bridgehead atoms. The number of anilines is 1. The number of hydrogen-bond acceptors (Lipinski definition) is 5. The number of aromatic nitrogens is 4. The minimum atomic E-state index is -0.00303. The lowest BCUT2D eigenvalue weighted by Crippen LogP contribution is -2.35. The number of halogens is 1. The predicted molar refractivity (Wildman–Crippen MR) is 93.9 cm³/mol. The van der Waals surface area contributed by atoms with E-state index in [0.717, 1.165) is 50.4 Å². The molecule has 1 saturated carbocycles. The number of rotatable bonds is 3. The Morgan fingerprint density at radius 2 is 2.00 bits per heavy atom. The van der Waals surface area contributed by atoms with Crippen molar-refractivity contribution < 1.29 is 0 Å². The van der Waals surface area contributed by atoms with E-state index in [1.807, 2.05) is 10.6 Å². The first-order chi connectivity index (χ1) is 12.1. The molecule has 0 aromatic carbocycles. The third-order valence-corrected chi connectivity index (χ3v) is 5.28. The number of nitriles is 1. The van der Waals surface area contributed by atoms with Gasteiger partial charge in [0.1, 0.15) is 17.7 Å². The molecular formula is C17H19ClN6O. The van der Waals surface area contributed by atoms with E-state index in [4.69, 9.17) is 16.9 Å². The Balaban J connectivity index is 1.52. The molecule has 8 heteroatoms. The SMILES string of the molecule is Cn1nc(C2CCN(c3ncc(C#N)cc3Cl)CC2)n(C2CC2)c1=O. The number of hydrogen-bond donors (Lipinski definition) is 0. The molecule has 0 spiro atoms. The second kappa shape index (κ2) is 6.19. The highest BCUT2D eigenvalue weighted by molar-refractivity contribution is 6.33. The van der Waals surface area contributed by atoms with E-state index < -0.39 is 0 Å². The van der Waals surface area contributed by atoms with Gasteiger partial charge in [0.15, 0.2) is 0 Å². The van der Waals surface area contributed by atoms with Crippen molar-refractivity contribution in [2.45, 2.75) is 37.6 Å². The molecule has 2 aromatic rings. The monoisotopic (exact) mass is 358 g/mol. The van der Waals surface area contributed by atoms with Gasteiger partial charge in [-0.25, -0.2) is 14.5 Å². The molecule has 2 aromatic heterocycles. The minimum Gasteiger partial charge on any atom is -0.355 e. The Morgan fingerprint density at radius 1 is 1.28 bits per heavy atom. The van der Waals surface area contributed by atoms with Crippen LogP contribution in [-0.2, 0) is 7.05 Å². The Hall–Kier alpha value is -2.33. The van der Waals surface area contributed by atoms with Crippen molar-refractivity contribution in [1.29, 1.82) is 5.26 Å². The number of pyridine rings is 1. The van der Waals surface area contributed by atoms with Crippen LogP contribution >= 0.6 is 11.6 Å². The van der Waals surface area contributed by atoms with Gasteiger partial charge in [-0.05, 0) is 31.7 Å². The normalized spacial score (nSPS) is 18.4. The first kappa shape index (κ1) is 16.2. The van der Waals surface area contributed by atoms with Crippen molar-refractivity contribution in [3.8, 4) is 6.07 Å². The Labute approximate surface area is 150 Å². The van der Waals surface area contributed by atoms with Crippen molar-refractivity contribution in [3.05, 3.63) is 39.2 Å². The van der Waals surface area contributed by atoms with Gasteiger partial charge >= 0.3 is 5.69 Å². The van der Waals surface area contributed by atoms with Crippen molar-refractivity contribution in [2.24, 2.45) is 7.05 Å². The van der Waals surface area contributed by atoms with Gasteiger partial charge < -0.3 is 4.90 Å². The summed E-state index contributed by atoms with van der Waals surface area (Å²) in [6, 6.07) is 4.04. The molecule has 2 aliphatic rings. The first-order valence-electron chi connectivity index (χ1n) is 8.54. The smallest absolute Gasteiger partial charge is 0.345 e. The van der Waals surface area contributed by atoms with Crippen LogP contribution in [0.2, 0.25) is 5.02 Å². The molecule has 0 radical (unpaired) electrons. The molecule has 130 valence electrons. The fraction of sp³-hybridized carbons (Fsp3) is 0.529. The molecule has 1 aliphatic heterocycles. The number of nitrogens with zero attached hydrogens (tertiary/aromatic N) is 6. The summed E-state index contributed by atoms with van der Waals surface area (Å²) in [5.41, 5.74) is 0.460. The summed E-state index contributed by atoms with van der Waals surface area (Å²) in [6.45, 7) is 1.61. The van der Waals surface area contributed by atoms with Crippen LogP contribution in [0, 0.1) is 11.3 Å². The van der Waals surface area contributed by atoms with Gasteiger partial charge in [0.2, 0.25) is 0 Å². The maximum absolute atomic E-state index is 12.3. The van der Waals surface area contributed by atoms with Crippen molar-refractivity contribution in [2.75, 3.05) is 18.0 Å². The standard InChI is InChI=1S/C17H19ClN6O/c1-22-17(25)24(13-2-3-13)15(21-22)12-4-6-23(7-5-12)16-14(18)8-11(9-19)10-20-16/h8,10,12-13H,2-7H2,1H3. The van der Waals surface area contributed by atoms with Gasteiger partial charge in [-0.3, -0.25) is 4.57 Å². The summed E-state index contributed by atoms with van der Waals surface area (Å²) in [6.07, 6.45) is 5.50. The second-order valence-electron chi connectivity index (χ2n) is 6.77. The van der Waals surface area contributed by atoms with E-state index in [9.17, 15) is 4.79 Å². The van der Waals surface area contributed by atoms with Gasteiger partial charge in [0.05, 0.1) is 10.6 Å². The highest BCUT2D eigenvalue weighted by Crippen LogP contribution is 2.38. The summed E-state index contributed by atoms with van der Waals surface area (Å²) in [7, 11) is 1.72. The van der Waals surface area contributed by atoms with Crippen LogP contribution in [0.15, 0.2) is 17.1 Å². The van der Waals surface area contributed by atoms with Gasteiger partial charge in [-0.15, -0.1) is 0 Å². The lowest BCUT2D eigenvalue weighted by Gasteiger charge is -2.32. The Kier molecular flexibility index (Phi) is 4.00. The number of aryl methyl sites for hydroxylation is 1. The highest BCUT2D eigenvalue weighted by atomic mass is 35.5. The van der Waals surface area contributed by atoms with Crippen LogP contribution in [0.4, 0.5) is 5.82 Å². The van der Waals surface area contributed by atoms with Crippen LogP contribution < -0.4 is 10.6 Å². The summed E-state index contributed by atoms with van der Waals surface area (Å²) >= 11 is 6.28. The third-order valence-electron chi connectivity index (χ3n) is 5.00. The molecule has 25 heavy (non-hydrogen) atoms. The lowest BCUT2D eigenvalue weighted by atomic mass is 9.96. The van der Waals surface area contributed by atoms with Gasteiger partial charge in [0, 0.05) is 38.3 Å². The second-order valence-corrected chi connectivity index (χ2v) is 7.18. The van der Waals surface area contributed by atoms with Gasteiger partial charge in [0.25, 0.3) is 0 Å². The van der Waals surface area contributed by atoms with Crippen LogP contribution in [0.1, 0.15) is 49.0 Å². The molecule has 0 unspecified atom stereocenters. The Bertz CT molecular complexity index is 899. The zero-order valence-corrected chi connectivity index (χ0v) is 14.8. The van der Waals surface area contributed by atoms with E-state index >= 15 is 0 Å². The summed E-state index contributed by atoms with van der Waals surface area (Å²) < 4.78 is 3.35. The van der Waals surface area contributed by atoms with Crippen LogP contribution in [0.3, 0.4) is 0 Å². The van der Waals surface area contributed by atoms with Gasteiger partial charge in [-0.1, -0.05) is 11.6 Å².